The average molecular weight is 276 g/mol. The molecule has 0 saturated carbocycles. The van der Waals surface area contributed by atoms with Crippen LogP contribution in [0.5, 0.6) is 0 Å². The van der Waals surface area contributed by atoms with Crippen LogP contribution in [-0.4, -0.2) is 17.8 Å². The molecule has 5 heteroatoms. The maximum Gasteiger partial charge on any atom is 0.224 e. The molecule has 1 atom stereocenters. The SMILES string of the molecule is CCC(CCCl)NC(=O)Cc1ccc(F)c(F)c1. The van der Waals surface area contributed by atoms with E-state index in [1.807, 2.05) is 6.92 Å². The molecule has 0 aliphatic heterocycles. The van der Waals surface area contributed by atoms with Gasteiger partial charge in [-0.2, -0.15) is 0 Å². The van der Waals surface area contributed by atoms with E-state index in [1.165, 1.54) is 6.07 Å². The highest BCUT2D eigenvalue weighted by Gasteiger charge is 2.11. The lowest BCUT2D eigenvalue weighted by atomic mass is 10.1. The summed E-state index contributed by atoms with van der Waals surface area (Å²) in [6.07, 6.45) is 1.52. The highest BCUT2D eigenvalue weighted by molar-refractivity contribution is 6.17. The summed E-state index contributed by atoms with van der Waals surface area (Å²) < 4.78 is 25.7. The minimum absolute atomic E-state index is 0.0281. The Morgan fingerprint density at radius 3 is 2.67 bits per heavy atom. The van der Waals surface area contributed by atoms with E-state index < -0.39 is 11.6 Å². The fourth-order valence-electron chi connectivity index (χ4n) is 1.62. The van der Waals surface area contributed by atoms with E-state index in [0.717, 1.165) is 18.6 Å². The van der Waals surface area contributed by atoms with E-state index in [0.29, 0.717) is 17.9 Å². The summed E-state index contributed by atoms with van der Waals surface area (Å²) in [6.45, 7) is 1.95. The number of halogens is 3. The van der Waals surface area contributed by atoms with Crippen molar-refractivity contribution in [3.05, 3.63) is 35.4 Å². The third-order valence-electron chi connectivity index (χ3n) is 2.66. The Morgan fingerprint density at radius 2 is 2.11 bits per heavy atom. The molecule has 0 spiro atoms. The summed E-state index contributed by atoms with van der Waals surface area (Å²) in [5, 5.41) is 2.81. The number of benzene rings is 1. The zero-order valence-electron chi connectivity index (χ0n) is 10.2. The van der Waals surface area contributed by atoms with Crippen LogP contribution in [0.1, 0.15) is 25.3 Å². The molecule has 0 heterocycles. The number of nitrogens with one attached hydrogen (secondary N) is 1. The molecular weight excluding hydrogens is 260 g/mol. The maximum atomic E-state index is 13.0. The Morgan fingerprint density at radius 1 is 1.39 bits per heavy atom. The van der Waals surface area contributed by atoms with Crippen LogP contribution in [0.15, 0.2) is 18.2 Å². The predicted molar refractivity (Wildman–Crippen MR) is 67.6 cm³/mol. The maximum absolute atomic E-state index is 13.0. The van der Waals surface area contributed by atoms with Gasteiger partial charge in [-0.25, -0.2) is 8.78 Å². The first-order valence-electron chi connectivity index (χ1n) is 5.86. The second kappa shape index (κ2) is 7.31. The van der Waals surface area contributed by atoms with E-state index in [1.54, 1.807) is 0 Å². The van der Waals surface area contributed by atoms with Gasteiger partial charge in [0.2, 0.25) is 5.91 Å². The Balaban J connectivity index is 2.55. The summed E-state index contributed by atoms with van der Waals surface area (Å²) in [5.41, 5.74) is 0.451. The van der Waals surface area contributed by atoms with Crippen LogP contribution in [0.4, 0.5) is 8.78 Å². The third-order valence-corrected chi connectivity index (χ3v) is 2.88. The normalized spacial score (nSPS) is 12.2. The summed E-state index contributed by atoms with van der Waals surface area (Å²) in [6, 6.07) is 3.49. The first kappa shape index (κ1) is 14.9. The Labute approximate surface area is 110 Å². The molecule has 1 N–H and O–H groups in total. The molecule has 0 aromatic heterocycles. The molecule has 0 bridgehead atoms. The Bertz CT molecular complexity index is 412. The fraction of sp³-hybridized carbons (Fsp3) is 0.462. The van der Waals surface area contributed by atoms with E-state index in [4.69, 9.17) is 11.6 Å². The average Bonchev–Trinajstić information content (AvgIpc) is 2.33. The van der Waals surface area contributed by atoms with Crippen LogP contribution in [0.25, 0.3) is 0 Å². The standard InChI is InChI=1S/C13H16ClF2NO/c1-2-10(5-6-14)17-13(18)8-9-3-4-11(15)12(16)7-9/h3-4,7,10H,2,5-6,8H2,1H3,(H,17,18). The first-order valence-corrected chi connectivity index (χ1v) is 6.39. The number of alkyl halides is 1. The van der Waals surface area contributed by atoms with E-state index in [9.17, 15) is 13.6 Å². The van der Waals surface area contributed by atoms with Crippen LogP contribution in [-0.2, 0) is 11.2 Å². The molecule has 0 saturated heterocycles. The van der Waals surface area contributed by atoms with Gasteiger partial charge in [0, 0.05) is 11.9 Å². The summed E-state index contributed by atoms with van der Waals surface area (Å²) >= 11 is 5.61. The van der Waals surface area contributed by atoms with Gasteiger partial charge in [-0.1, -0.05) is 13.0 Å². The van der Waals surface area contributed by atoms with Crippen LogP contribution < -0.4 is 5.32 Å². The fourth-order valence-corrected chi connectivity index (χ4v) is 1.89. The van der Waals surface area contributed by atoms with E-state index in [2.05, 4.69) is 5.32 Å². The van der Waals surface area contributed by atoms with Crippen molar-refractivity contribution < 1.29 is 13.6 Å². The van der Waals surface area contributed by atoms with Crippen LogP contribution in [0.2, 0.25) is 0 Å². The lowest BCUT2D eigenvalue weighted by Gasteiger charge is -2.15. The van der Waals surface area contributed by atoms with Crippen molar-refractivity contribution in [1.82, 2.24) is 5.32 Å². The molecule has 0 fully saturated rings. The number of amides is 1. The molecule has 18 heavy (non-hydrogen) atoms. The van der Waals surface area contributed by atoms with Crippen LogP contribution >= 0.6 is 11.6 Å². The van der Waals surface area contributed by atoms with Crippen LogP contribution in [0, 0.1) is 11.6 Å². The number of hydrogen-bond acceptors (Lipinski definition) is 1. The first-order chi connectivity index (χ1) is 8.56. The van der Waals surface area contributed by atoms with Gasteiger partial charge in [-0.3, -0.25) is 4.79 Å². The largest absolute Gasteiger partial charge is 0.353 e. The van der Waals surface area contributed by atoms with Gasteiger partial charge in [-0.15, -0.1) is 11.6 Å². The summed E-state index contributed by atoms with van der Waals surface area (Å²) in [4.78, 5) is 11.7. The van der Waals surface area contributed by atoms with Crippen molar-refractivity contribution in [3.8, 4) is 0 Å². The minimum Gasteiger partial charge on any atom is -0.353 e. The second-order valence-corrected chi connectivity index (χ2v) is 4.45. The van der Waals surface area contributed by atoms with Gasteiger partial charge in [0.05, 0.1) is 6.42 Å². The van der Waals surface area contributed by atoms with E-state index >= 15 is 0 Å². The minimum atomic E-state index is -0.937. The lowest BCUT2D eigenvalue weighted by molar-refractivity contribution is -0.121. The molecule has 1 rings (SSSR count). The molecule has 0 aliphatic rings. The van der Waals surface area contributed by atoms with Gasteiger partial charge in [-0.05, 0) is 30.5 Å². The monoisotopic (exact) mass is 275 g/mol. The van der Waals surface area contributed by atoms with Crippen LogP contribution in [0.3, 0.4) is 0 Å². The van der Waals surface area contributed by atoms with Gasteiger partial charge in [0.25, 0.3) is 0 Å². The quantitative estimate of drug-likeness (QED) is 0.795. The molecular formula is C13H16ClF2NO. The second-order valence-electron chi connectivity index (χ2n) is 4.08. The van der Waals surface area contributed by atoms with Crippen molar-refractivity contribution in [1.29, 1.82) is 0 Å². The number of carbonyl (C=O) groups is 1. The molecule has 1 aromatic rings. The van der Waals surface area contributed by atoms with Gasteiger partial charge < -0.3 is 5.32 Å². The van der Waals surface area contributed by atoms with E-state index in [-0.39, 0.29) is 18.4 Å². The molecule has 0 radical (unpaired) electrons. The highest BCUT2D eigenvalue weighted by atomic mass is 35.5. The molecule has 100 valence electrons. The number of carbonyl (C=O) groups excluding carboxylic acids is 1. The number of rotatable bonds is 6. The zero-order valence-corrected chi connectivity index (χ0v) is 10.9. The third kappa shape index (κ3) is 4.61. The van der Waals surface area contributed by atoms with Crippen molar-refractivity contribution in [2.75, 3.05) is 5.88 Å². The van der Waals surface area contributed by atoms with Crippen molar-refractivity contribution >= 4 is 17.5 Å². The van der Waals surface area contributed by atoms with Crippen molar-refractivity contribution in [2.24, 2.45) is 0 Å². The molecule has 1 amide bonds. The molecule has 1 aromatic carbocycles. The highest BCUT2D eigenvalue weighted by Crippen LogP contribution is 2.09. The molecule has 0 aliphatic carbocycles. The van der Waals surface area contributed by atoms with Crippen molar-refractivity contribution in [2.45, 2.75) is 32.2 Å². The van der Waals surface area contributed by atoms with Gasteiger partial charge in [0.1, 0.15) is 0 Å². The number of hydrogen-bond donors (Lipinski definition) is 1. The van der Waals surface area contributed by atoms with Gasteiger partial charge >= 0.3 is 0 Å². The van der Waals surface area contributed by atoms with Crippen molar-refractivity contribution in [3.63, 3.8) is 0 Å². The Kier molecular flexibility index (Phi) is 6.05. The zero-order chi connectivity index (χ0) is 13.5. The smallest absolute Gasteiger partial charge is 0.224 e. The molecule has 2 nitrogen and oxygen atoms in total. The summed E-state index contributed by atoms with van der Waals surface area (Å²) in [5.74, 6) is -1.58. The lowest BCUT2D eigenvalue weighted by Crippen LogP contribution is -2.35. The Hall–Kier alpha value is -1.16. The topological polar surface area (TPSA) is 29.1 Å². The predicted octanol–water partition coefficient (Wildman–Crippen LogP) is 3.03. The summed E-state index contributed by atoms with van der Waals surface area (Å²) in [7, 11) is 0. The van der Waals surface area contributed by atoms with Gasteiger partial charge in [0.15, 0.2) is 11.6 Å². The molecule has 1 unspecified atom stereocenters.